The predicted octanol–water partition coefficient (Wildman–Crippen LogP) is 6.22. The summed E-state index contributed by atoms with van der Waals surface area (Å²) in [6.07, 6.45) is -2.91. The highest BCUT2D eigenvalue weighted by Gasteiger charge is 2.40. The van der Waals surface area contributed by atoms with Crippen molar-refractivity contribution in [3.8, 4) is 11.8 Å². The van der Waals surface area contributed by atoms with Crippen LogP contribution in [0.2, 0.25) is 0 Å². The van der Waals surface area contributed by atoms with Crippen LogP contribution in [0.1, 0.15) is 16.7 Å². The van der Waals surface area contributed by atoms with E-state index in [1.54, 1.807) is 22.9 Å². The molecule has 4 rings (SSSR count). The molecule has 8 heteroatoms. The van der Waals surface area contributed by atoms with Crippen molar-refractivity contribution in [3.05, 3.63) is 71.4 Å². The predicted molar refractivity (Wildman–Crippen MR) is 110 cm³/mol. The fraction of sp³-hybridized carbons (Fsp3) is 0.182. The van der Waals surface area contributed by atoms with E-state index in [9.17, 15) is 13.2 Å². The molecule has 0 saturated carbocycles. The molecule has 0 aliphatic heterocycles. The van der Waals surface area contributed by atoms with Crippen molar-refractivity contribution in [1.29, 1.82) is 0 Å². The maximum Gasteiger partial charge on any atom is 0.424 e. The Hall–Kier alpha value is -3.00. The van der Waals surface area contributed by atoms with Crippen molar-refractivity contribution < 1.29 is 17.9 Å². The number of aryl methyl sites for hydroxylation is 2. The van der Waals surface area contributed by atoms with Gasteiger partial charge in [-0.15, -0.1) is 0 Å². The molecule has 0 spiro atoms. The maximum absolute atomic E-state index is 13.9. The Labute approximate surface area is 175 Å². The van der Waals surface area contributed by atoms with Gasteiger partial charge in [0.15, 0.2) is 5.56 Å². The molecule has 0 bridgehead atoms. The highest BCUT2D eigenvalue weighted by atomic mass is 32.2. The van der Waals surface area contributed by atoms with Crippen LogP contribution >= 0.6 is 11.8 Å². The Morgan fingerprint density at radius 3 is 2.37 bits per heavy atom. The van der Waals surface area contributed by atoms with E-state index >= 15 is 0 Å². The number of benzene rings is 2. The van der Waals surface area contributed by atoms with Crippen LogP contribution in [0.5, 0.6) is 5.88 Å². The monoisotopic (exact) mass is 429 g/mol. The van der Waals surface area contributed by atoms with E-state index in [1.807, 2.05) is 50.2 Å². The zero-order chi connectivity index (χ0) is 21.5. The van der Waals surface area contributed by atoms with Gasteiger partial charge in [-0.3, -0.25) is 4.57 Å². The van der Waals surface area contributed by atoms with Crippen molar-refractivity contribution >= 4 is 22.7 Å². The van der Waals surface area contributed by atoms with E-state index in [0.717, 1.165) is 33.8 Å². The molecule has 0 atom stereocenters. The summed E-state index contributed by atoms with van der Waals surface area (Å²) in [6.45, 7) is 3.89. The third kappa shape index (κ3) is 3.75. The van der Waals surface area contributed by atoms with E-state index in [4.69, 9.17) is 4.74 Å². The molecule has 2 aromatic heterocycles. The summed E-state index contributed by atoms with van der Waals surface area (Å²) in [5.41, 5.74) is 1.90. The zero-order valence-corrected chi connectivity index (χ0v) is 17.3. The lowest BCUT2D eigenvalue weighted by atomic mass is 10.1. The van der Waals surface area contributed by atoms with Crippen LogP contribution in [-0.4, -0.2) is 21.6 Å². The fourth-order valence-electron chi connectivity index (χ4n) is 3.20. The van der Waals surface area contributed by atoms with Gasteiger partial charge >= 0.3 is 6.18 Å². The average Bonchev–Trinajstić information content (AvgIpc) is 3.14. The summed E-state index contributed by atoms with van der Waals surface area (Å²) in [6, 6.07) is 14.9. The van der Waals surface area contributed by atoms with Gasteiger partial charge in [-0.1, -0.05) is 41.6 Å². The van der Waals surface area contributed by atoms with Crippen molar-refractivity contribution in [1.82, 2.24) is 14.5 Å². The lowest BCUT2D eigenvalue weighted by Crippen LogP contribution is -2.14. The highest BCUT2D eigenvalue weighted by Crippen LogP contribution is 2.43. The van der Waals surface area contributed by atoms with Crippen LogP contribution in [0.15, 0.2) is 64.6 Å². The van der Waals surface area contributed by atoms with Gasteiger partial charge in [0.1, 0.15) is 5.03 Å². The second-order valence-electron chi connectivity index (χ2n) is 6.82. The van der Waals surface area contributed by atoms with E-state index in [2.05, 4.69) is 9.97 Å². The largest absolute Gasteiger partial charge is 0.480 e. The SMILES string of the molecule is COc1nc(-n2ccc3c(C)cccc32)nc(Sc2ccc(C)cc2)c1C(F)(F)F. The third-order valence-electron chi connectivity index (χ3n) is 4.71. The molecular formula is C22H18F3N3OS. The first kappa shape index (κ1) is 20.3. The van der Waals surface area contributed by atoms with Gasteiger partial charge in [0.2, 0.25) is 11.8 Å². The zero-order valence-electron chi connectivity index (χ0n) is 16.5. The van der Waals surface area contributed by atoms with E-state index in [1.165, 1.54) is 7.11 Å². The summed E-state index contributed by atoms with van der Waals surface area (Å²) in [5, 5.41) is 0.774. The Balaban J connectivity index is 1.92. The number of rotatable bonds is 4. The molecule has 0 fully saturated rings. The normalized spacial score (nSPS) is 11.8. The third-order valence-corrected chi connectivity index (χ3v) is 5.71. The van der Waals surface area contributed by atoms with E-state index in [-0.39, 0.29) is 11.0 Å². The van der Waals surface area contributed by atoms with Crippen molar-refractivity contribution in [2.75, 3.05) is 7.11 Å². The highest BCUT2D eigenvalue weighted by molar-refractivity contribution is 7.99. The number of hydrogen-bond acceptors (Lipinski definition) is 4. The average molecular weight is 429 g/mol. The second kappa shape index (κ2) is 7.68. The molecule has 30 heavy (non-hydrogen) atoms. The fourth-order valence-corrected chi connectivity index (χ4v) is 4.12. The summed E-state index contributed by atoms with van der Waals surface area (Å²) in [7, 11) is 1.18. The molecule has 0 saturated heterocycles. The molecule has 0 radical (unpaired) electrons. The van der Waals surface area contributed by atoms with Gasteiger partial charge in [0.25, 0.3) is 0 Å². The summed E-state index contributed by atoms with van der Waals surface area (Å²) in [4.78, 5) is 9.04. The molecule has 2 heterocycles. The molecule has 154 valence electrons. The first-order valence-electron chi connectivity index (χ1n) is 9.12. The van der Waals surface area contributed by atoms with Gasteiger partial charge < -0.3 is 4.74 Å². The molecule has 0 N–H and O–H groups in total. The number of fused-ring (bicyclic) bond motifs is 1. The van der Waals surface area contributed by atoms with E-state index in [0.29, 0.717) is 4.90 Å². The van der Waals surface area contributed by atoms with Gasteiger partial charge in [0, 0.05) is 16.5 Å². The van der Waals surface area contributed by atoms with Crippen LogP contribution in [0.3, 0.4) is 0 Å². The Bertz CT molecular complexity index is 1220. The Morgan fingerprint density at radius 2 is 1.70 bits per heavy atom. The number of alkyl halides is 3. The quantitative estimate of drug-likeness (QED) is 0.361. The molecule has 0 amide bonds. The second-order valence-corrected chi connectivity index (χ2v) is 7.88. The van der Waals surface area contributed by atoms with E-state index < -0.39 is 17.6 Å². The smallest absolute Gasteiger partial charge is 0.424 e. The minimum Gasteiger partial charge on any atom is -0.480 e. The topological polar surface area (TPSA) is 39.9 Å². The maximum atomic E-state index is 13.9. The van der Waals surface area contributed by atoms with Crippen LogP contribution in [0, 0.1) is 13.8 Å². The lowest BCUT2D eigenvalue weighted by molar-refractivity contribution is -0.141. The summed E-state index contributed by atoms with van der Waals surface area (Å²) in [5.74, 6) is -0.383. The molecule has 0 aliphatic rings. The molecule has 2 aromatic carbocycles. The number of aromatic nitrogens is 3. The lowest BCUT2D eigenvalue weighted by Gasteiger charge is -2.16. The van der Waals surface area contributed by atoms with Gasteiger partial charge in [-0.05, 0) is 43.7 Å². The molecule has 0 unspecified atom stereocenters. The number of nitrogens with zero attached hydrogens (tertiary/aromatic N) is 3. The van der Waals surface area contributed by atoms with Crippen LogP contribution in [0.4, 0.5) is 13.2 Å². The standard InChI is InChI=1S/C22H18F3N3OS/c1-13-7-9-15(10-8-13)30-20-18(22(23,24)25)19(29-3)26-21(27-20)28-12-11-16-14(2)5-4-6-17(16)28/h4-12H,1-3H3. The van der Waals surface area contributed by atoms with Crippen LogP contribution < -0.4 is 4.74 Å². The first-order valence-corrected chi connectivity index (χ1v) is 9.94. The Kier molecular flexibility index (Phi) is 5.19. The summed E-state index contributed by atoms with van der Waals surface area (Å²) >= 11 is 0.935. The van der Waals surface area contributed by atoms with Gasteiger partial charge in [-0.25, -0.2) is 4.98 Å². The first-order chi connectivity index (χ1) is 14.3. The molecule has 4 aromatic rings. The van der Waals surface area contributed by atoms with Gasteiger partial charge in [-0.2, -0.15) is 18.2 Å². The minimum absolute atomic E-state index is 0.120. The number of ether oxygens (including phenoxy) is 1. The number of hydrogen-bond donors (Lipinski definition) is 0. The Morgan fingerprint density at radius 1 is 0.967 bits per heavy atom. The summed E-state index contributed by atoms with van der Waals surface area (Å²) < 4.78 is 48.3. The molecule has 0 aliphatic carbocycles. The van der Waals surface area contributed by atoms with Crippen LogP contribution in [-0.2, 0) is 6.18 Å². The number of halogens is 3. The van der Waals surface area contributed by atoms with Crippen molar-refractivity contribution in [2.45, 2.75) is 29.9 Å². The molecule has 4 nitrogen and oxygen atoms in total. The number of methoxy groups -OCH3 is 1. The van der Waals surface area contributed by atoms with Crippen molar-refractivity contribution in [2.24, 2.45) is 0 Å². The minimum atomic E-state index is -4.66. The molecular weight excluding hydrogens is 411 g/mol. The van der Waals surface area contributed by atoms with Crippen molar-refractivity contribution in [3.63, 3.8) is 0 Å². The van der Waals surface area contributed by atoms with Crippen LogP contribution in [0.25, 0.3) is 16.9 Å². The van der Waals surface area contributed by atoms with Gasteiger partial charge in [0.05, 0.1) is 12.6 Å².